The lowest BCUT2D eigenvalue weighted by molar-refractivity contribution is 1.26. The lowest BCUT2D eigenvalue weighted by Gasteiger charge is -1.97. The van der Waals surface area contributed by atoms with E-state index in [1.165, 1.54) is 11.3 Å². The number of aromatic nitrogens is 1. The summed E-state index contributed by atoms with van der Waals surface area (Å²) in [4.78, 5) is 4.23. The molecule has 1 aromatic heterocycles. The van der Waals surface area contributed by atoms with E-state index < -0.39 is 0 Å². The van der Waals surface area contributed by atoms with Gasteiger partial charge in [-0.3, -0.25) is 0 Å². The van der Waals surface area contributed by atoms with Gasteiger partial charge in [-0.05, 0) is 5.56 Å². The summed E-state index contributed by atoms with van der Waals surface area (Å²) in [5.74, 6) is 0. The quantitative estimate of drug-likeness (QED) is 0.852. The van der Waals surface area contributed by atoms with Crippen LogP contribution in [0.5, 0.6) is 0 Å². The van der Waals surface area contributed by atoms with E-state index in [1.807, 2.05) is 41.8 Å². The molecule has 0 spiro atoms. The van der Waals surface area contributed by atoms with Crippen molar-refractivity contribution in [1.82, 2.24) is 4.98 Å². The number of nitrogens with zero attached hydrogens (tertiary/aromatic N) is 1. The number of rotatable bonds is 3. The van der Waals surface area contributed by atoms with E-state index in [1.54, 1.807) is 0 Å². The van der Waals surface area contributed by atoms with E-state index in [9.17, 15) is 0 Å². The Morgan fingerprint density at radius 3 is 2.56 bits per heavy atom. The number of hydrogen-bond acceptors (Lipinski definition) is 4. The second-order valence-corrected chi connectivity index (χ2v) is 4.22. The Morgan fingerprint density at radius 2 is 2.00 bits per heavy atom. The van der Waals surface area contributed by atoms with E-state index in [0.29, 0.717) is 11.7 Å². The van der Waals surface area contributed by atoms with Crippen molar-refractivity contribution in [3.05, 3.63) is 41.3 Å². The maximum Gasteiger partial charge on any atom is 0.180 e. The molecule has 4 heteroatoms. The highest BCUT2D eigenvalue weighted by Crippen LogP contribution is 2.23. The van der Waals surface area contributed by atoms with Crippen LogP contribution in [-0.2, 0) is 0 Å². The number of nitrogens with two attached hydrogens (primary N) is 2. The highest BCUT2D eigenvalue weighted by atomic mass is 32.1. The Morgan fingerprint density at radius 1 is 1.25 bits per heavy atom. The van der Waals surface area contributed by atoms with Crippen molar-refractivity contribution in [2.75, 3.05) is 12.3 Å². The number of thiazole rings is 1. The lowest BCUT2D eigenvalue weighted by Crippen LogP contribution is -1.91. The fraction of sp³-hybridized carbons (Fsp3) is 0.0833. The molecule has 82 valence electrons. The standard InChI is InChI=1S/C12H13N3S/c13-7-1-2-9-3-5-10(6-4-9)11-8-16-12(14)15-11/h1-6,8H,7,13H2,(H2,14,15). The van der Waals surface area contributed by atoms with Crippen molar-refractivity contribution in [2.24, 2.45) is 5.73 Å². The molecule has 16 heavy (non-hydrogen) atoms. The van der Waals surface area contributed by atoms with Crippen LogP contribution in [0.2, 0.25) is 0 Å². The SMILES string of the molecule is NCC=Cc1ccc(-c2csc(N)n2)cc1. The highest BCUT2D eigenvalue weighted by Gasteiger charge is 2.01. The summed E-state index contributed by atoms with van der Waals surface area (Å²) >= 11 is 1.45. The Hall–Kier alpha value is -1.65. The van der Waals surface area contributed by atoms with Gasteiger partial charge in [0.15, 0.2) is 5.13 Å². The van der Waals surface area contributed by atoms with Crippen molar-refractivity contribution in [1.29, 1.82) is 0 Å². The van der Waals surface area contributed by atoms with Gasteiger partial charge in [0, 0.05) is 17.5 Å². The molecule has 0 saturated carbocycles. The van der Waals surface area contributed by atoms with Gasteiger partial charge in [-0.2, -0.15) is 0 Å². The number of anilines is 1. The van der Waals surface area contributed by atoms with Gasteiger partial charge < -0.3 is 11.5 Å². The Balaban J connectivity index is 2.22. The number of benzene rings is 1. The lowest BCUT2D eigenvalue weighted by atomic mass is 10.1. The Labute approximate surface area is 98.4 Å². The van der Waals surface area contributed by atoms with E-state index in [-0.39, 0.29) is 0 Å². The second-order valence-electron chi connectivity index (χ2n) is 3.33. The van der Waals surface area contributed by atoms with Gasteiger partial charge in [-0.25, -0.2) is 4.98 Å². The smallest absolute Gasteiger partial charge is 0.180 e. The molecule has 0 aliphatic carbocycles. The fourth-order valence-corrected chi connectivity index (χ4v) is 1.96. The Kier molecular flexibility index (Phi) is 3.34. The van der Waals surface area contributed by atoms with Gasteiger partial charge in [0.05, 0.1) is 5.69 Å². The minimum atomic E-state index is 0.560. The van der Waals surface area contributed by atoms with E-state index >= 15 is 0 Å². The monoisotopic (exact) mass is 231 g/mol. The van der Waals surface area contributed by atoms with Crippen LogP contribution in [-0.4, -0.2) is 11.5 Å². The van der Waals surface area contributed by atoms with Crippen molar-refractivity contribution in [3.63, 3.8) is 0 Å². The van der Waals surface area contributed by atoms with Gasteiger partial charge in [-0.15, -0.1) is 11.3 Å². The summed E-state index contributed by atoms with van der Waals surface area (Å²) in [6.45, 7) is 0.560. The van der Waals surface area contributed by atoms with Crippen molar-refractivity contribution < 1.29 is 0 Å². The summed E-state index contributed by atoms with van der Waals surface area (Å²) in [6.07, 6.45) is 3.93. The molecule has 1 aromatic carbocycles. The minimum absolute atomic E-state index is 0.560. The Bertz CT molecular complexity index is 485. The number of hydrogen-bond donors (Lipinski definition) is 2. The summed E-state index contributed by atoms with van der Waals surface area (Å²) in [5.41, 5.74) is 14.1. The average molecular weight is 231 g/mol. The molecule has 0 aliphatic heterocycles. The van der Waals surface area contributed by atoms with E-state index in [2.05, 4.69) is 4.98 Å². The maximum absolute atomic E-state index is 5.59. The first-order chi connectivity index (χ1) is 7.79. The molecule has 0 saturated heterocycles. The molecule has 0 bridgehead atoms. The van der Waals surface area contributed by atoms with Crippen molar-refractivity contribution in [2.45, 2.75) is 0 Å². The van der Waals surface area contributed by atoms with Crippen LogP contribution >= 0.6 is 11.3 Å². The van der Waals surface area contributed by atoms with Gasteiger partial charge in [0.1, 0.15) is 0 Å². The molecule has 1 heterocycles. The van der Waals surface area contributed by atoms with E-state index in [0.717, 1.165) is 16.8 Å². The van der Waals surface area contributed by atoms with Crippen LogP contribution in [0.3, 0.4) is 0 Å². The van der Waals surface area contributed by atoms with Crippen LogP contribution < -0.4 is 11.5 Å². The average Bonchev–Trinajstić information content (AvgIpc) is 2.74. The predicted octanol–water partition coefficient (Wildman–Crippen LogP) is 2.36. The molecule has 0 fully saturated rings. The van der Waals surface area contributed by atoms with Crippen LogP contribution in [0.4, 0.5) is 5.13 Å². The molecule has 0 atom stereocenters. The molecule has 2 rings (SSSR count). The normalized spacial score (nSPS) is 11.1. The molecule has 0 aliphatic rings. The topological polar surface area (TPSA) is 64.9 Å². The summed E-state index contributed by atoms with van der Waals surface area (Å²) in [5, 5.41) is 2.56. The third-order valence-corrected chi connectivity index (χ3v) is 2.85. The summed E-state index contributed by atoms with van der Waals surface area (Å²) in [6, 6.07) is 8.14. The van der Waals surface area contributed by atoms with Gasteiger partial charge in [0.25, 0.3) is 0 Å². The molecule has 0 amide bonds. The first-order valence-corrected chi connectivity index (χ1v) is 5.85. The summed E-state index contributed by atoms with van der Waals surface area (Å²) in [7, 11) is 0. The maximum atomic E-state index is 5.59. The molecule has 0 unspecified atom stereocenters. The van der Waals surface area contributed by atoms with E-state index in [4.69, 9.17) is 11.5 Å². The third kappa shape index (κ3) is 2.48. The molecule has 4 N–H and O–H groups in total. The first kappa shape index (κ1) is 10.9. The zero-order valence-corrected chi connectivity index (χ0v) is 9.58. The zero-order valence-electron chi connectivity index (χ0n) is 8.76. The van der Waals surface area contributed by atoms with Crippen LogP contribution in [0.25, 0.3) is 17.3 Å². The van der Waals surface area contributed by atoms with Crippen molar-refractivity contribution >= 4 is 22.5 Å². The molecular weight excluding hydrogens is 218 g/mol. The van der Waals surface area contributed by atoms with Crippen LogP contribution in [0, 0.1) is 0 Å². The fourth-order valence-electron chi connectivity index (χ4n) is 1.39. The van der Waals surface area contributed by atoms with Gasteiger partial charge in [-0.1, -0.05) is 36.4 Å². The van der Waals surface area contributed by atoms with Crippen LogP contribution in [0.1, 0.15) is 5.56 Å². The van der Waals surface area contributed by atoms with Gasteiger partial charge in [0.2, 0.25) is 0 Å². The molecule has 2 aromatic rings. The minimum Gasteiger partial charge on any atom is -0.375 e. The van der Waals surface area contributed by atoms with Gasteiger partial charge >= 0.3 is 0 Å². The van der Waals surface area contributed by atoms with Crippen LogP contribution in [0.15, 0.2) is 35.7 Å². The number of nitrogen functional groups attached to an aromatic ring is 1. The highest BCUT2D eigenvalue weighted by molar-refractivity contribution is 7.13. The molecule has 0 radical (unpaired) electrons. The third-order valence-electron chi connectivity index (χ3n) is 2.17. The zero-order chi connectivity index (χ0) is 11.4. The summed E-state index contributed by atoms with van der Waals surface area (Å²) < 4.78 is 0. The molecule has 3 nitrogen and oxygen atoms in total. The van der Waals surface area contributed by atoms with Crippen molar-refractivity contribution in [3.8, 4) is 11.3 Å². The predicted molar refractivity (Wildman–Crippen MR) is 70.1 cm³/mol. The largest absolute Gasteiger partial charge is 0.375 e. The molecular formula is C12H13N3S. The second kappa shape index (κ2) is 4.92. The first-order valence-electron chi connectivity index (χ1n) is 4.97.